The van der Waals surface area contributed by atoms with E-state index >= 15 is 0 Å². The highest BCUT2D eigenvalue weighted by Gasteiger charge is 2.34. The zero-order valence-corrected chi connectivity index (χ0v) is 8.21. The first-order valence-electron chi connectivity index (χ1n) is 3.45. The van der Waals surface area contributed by atoms with Gasteiger partial charge in [0.15, 0.2) is 0 Å². The standard InChI is InChI=1S/C8H4ClF3OS/c9-7(14)13-6-4-2-1-3-5(6)8(10,11)12/h1-4H. The number of hydrogen-bond acceptors (Lipinski definition) is 2. The summed E-state index contributed by atoms with van der Waals surface area (Å²) in [6.07, 6.45) is -4.47. The van der Waals surface area contributed by atoms with Crippen LogP contribution in [0.15, 0.2) is 24.3 Å². The second kappa shape index (κ2) is 4.14. The molecular weight excluding hydrogens is 237 g/mol. The SMILES string of the molecule is FC(F)(F)c1ccccc1OC(=S)Cl. The number of alkyl halides is 3. The van der Waals surface area contributed by atoms with Crippen molar-refractivity contribution in [2.45, 2.75) is 6.18 Å². The monoisotopic (exact) mass is 240 g/mol. The Balaban J connectivity index is 3.10. The largest absolute Gasteiger partial charge is 0.435 e. The van der Waals surface area contributed by atoms with E-state index in [0.29, 0.717) is 0 Å². The summed E-state index contributed by atoms with van der Waals surface area (Å²) in [6.45, 7) is 0. The van der Waals surface area contributed by atoms with Crippen LogP contribution in [0.3, 0.4) is 0 Å². The van der Waals surface area contributed by atoms with Crippen LogP contribution in [-0.4, -0.2) is 4.51 Å². The molecule has 0 N–H and O–H groups in total. The summed E-state index contributed by atoms with van der Waals surface area (Å²) in [4.78, 5) is 0. The maximum Gasteiger partial charge on any atom is 0.419 e. The number of ether oxygens (including phenoxy) is 1. The molecule has 6 heteroatoms. The van der Waals surface area contributed by atoms with Gasteiger partial charge in [-0.1, -0.05) is 12.1 Å². The van der Waals surface area contributed by atoms with Crippen LogP contribution < -0.4 is 4.74 Å². The number of thiocarbonyl (C=S) groups is 1. The molecule has 0 saturated carbocycles. The lowest BCUT2D eigenvalue weighted by molar-refractivity contribution is -0.138. The van der Waals surface area contributed by atoms with E-state index in [1.165, 1.54) is 12.1 Å². The predicted octanol–water partition coefficient (Wildman–Crippen LogP) is 3.61. The number of halogens is 4. The van der Waals surface area contributed by atoms with Gasteiger partial charge in [0.25, 0.3) is 4.51 Å². The fourth-order valence-corrected chi connectivity index (χ4v) is 1.05. The van der Waals surface area contributed by atoms with Crippen molar-refractivity contribution in [1.82, 2.24) is 0 Å². The molecule has 1 rings (SSSR count). The second-order valence-electron chi connectivity index (χ2n) is 2.33. The lowest BCUT2D eigenvalue weighted by Gasteiger charge is -2.11. The molecule has 0 aliphatic rings. The van der Waals surface area contributed by atoms with Crippen LogP contribution in [-0.2, 0) is 6.18 Å². The van der Waals surface area contributed by atoms with Crippen molar-refractivity contribution < 1.29 is 17.9 Å². The molecule has 0 atom stereocenters. The molecule has 76 valence electrons. The van der Waals surface area contributed by atoms with Gasteiger partial charge in [0.05, 0.1) is 5.56 Å². The summed E-state index contributed by atoms with van der Waals surface area (Å²) in [6, 6.07) is 4.70. The molecule has 0 unspecified atom stereocenters. The van der Waals surface area contributed by atoms with Crippen LogP contribution in [0, 0.1) is 0 Å². The lowest BCUT2D eigenvalue weighted by atomic mass is 10.2. The van der Waals surface area contributed by atoms with Crippen LogP contribution in [0.2, 0.25) is 0 Å². The molecule has 0 aromatic heterocycles. The van der Waals surface area contributed by atoms with Crippen molar-refractivity contribution in [3.05, 3.63) is 29.8 Å². The van der Waals surface area contributed by atoms with Gasteiger partial charge < -0.3 is 4.74 Å². The molecule has 0 bridgehead atoms. The summed E-state index contributed by atoms with van der Waals surface area (Å²) < 4.78 is 41.1. The van der Waals surface area contributed by atoms with E-state index in [1.807, 2.05) is 0 Å². The van der Waals surface area contributed by atoms with Gasteiger partial charge >= 0.3 is 6.18 Å². The highest BCUT2D eigenvalue weighted by atomic mass is 35.5. The molecule has 0 amide bonds. The molecule has 14 heavy (non-hydrogen) atoms. The van der Waals surface area contributed by atoms with Gasteiger partial charge in [-0.05, 0) is 36.0 Å². The Morgan fingerprint density at radius 3 is 2.36 bits per heavy atom. The average molecular weight is 241 g/mol. The normalized spacial score (nSPS) is 11.1. The summed E-state index contributed by atoms with van der Waals surface area (Å²) in [7, 11) is 0. The molecule has 1 nitrogen and oxygen atoms in total. The molecule has 1 aromatic rings. The molecule has 1 aromatic carbocycles. The highest BCUT2D eigenvalue weighted by Crippen LogP contribution is 2.36. The molecule has 0 spiro atoms. The van der Waals surface area contributed by atoms with E-state index in [2.05, 4.69) is 17.0 Å². The lowest BCUT2D eigenvalue weighted by Crippen LogP contribution is -2.09. The van der Waals surface area contributed by atoms with Crippen molar-refractivity contribution >= 4 is 28.3 Å². The molecule has 0 aliphatic heterocycles. The van der Waals surface area contributed by atoms with Crippen molar-refractivity contribution in [2.24, 2.45) is 0 Å². The Hall–Kier alpha value is -0.810. The summed E-state index contributed by atoms with van der Waals surface area (Å²) in [5, 5.41) is 0. The first-order chi connectivity index (χ1) is 6.41. The minimum atomic E-state index is -4.47. The van der Waals surface area contributed by atoms with Crippen LogP contribution in [0.1, 0.15) is 5.56 Å². The maximum absolute atomic E-state index is 12.3. The first-order valence-corrected chi connectivity index (χ1v) is 4.23. The Labute approximate surface area is 88.4 Å². The molecule has 0 aliphatic carbocycles. The van der Waals surface area contributed by atoms with Gasteiger partial charge in [-0.15, -0.1) is 0 Å². The van der Waals surface area contributed by atoms with Crippen molar-refractivity contribution in [3.63, 3.8) is 0 Å². The number of hydrogen-bond donors (Lipinski definition) is 0. The summed E-state index contributed by atoms with van der Waals surface area (Å²) in [5.74, 6) is -0.389. The topological polar surface area (TPSA) is 9.23 Å². The fourth-order valence-electron chi connectivity index (χ4n) is 0.876. The van der Waals surface area contributed by atoms with Gasteiger partial charge in [-0.3, -0.25) is 0 Å². The zero-order valence-electron chi connectivity index (χ0n) is 6.64. The zero-order chi connectivity index (χ0) is 10.8. The van der Waals surface area contributed by atoms with Crippen LogP contribution >= 0.6 is 23.8 Å². The van der Waals surface area contributed by atoms with Crippen LogP contribution in [0.5, 0.6) is 5.75 Å². The quantitative estimate of drug-likeness (QED) is 0.548. The Morgan fingerprint density at radius 1 is 1.29 bits per heavy atom. The third-order valence-electron chi connectivity index (χ3n) is 1.38. The van der Waals surface area contributed by atoms with Gasteiger partial charge in [0, 0.05) is 0 Å². The molecule has 0 saturated heterocycles. The van der Waals surface area contributed by atoms with Gasteiger partial charge in [-0.2, -0.15) is 13.2 Å². The first kappa shape index (κ1) is 11.3. The van der Waals surface area contributed by atoms with Crippen molar-refractivity contribution in [1.29, 1.82) is 0 Å². The van der Waals surface area contributed by atoms with E-state index < -0.39 is 16.2 Å². The Bertz CT molecular complexity index is 351. The molecule has 0 heterocycles. The van der Waals surface area contributed by atoms with Crippen LogP contribution in [0.25, 0.3) is 0 Å². The van der Waals surface area contributed by atoms with E-state index in [0.717, 1.165) is 12.1 Å². The smallest absolute Gasteiger partial charge is 0.419 e. The van der Waals surface area contributed by atoms with E-state index in [1.54, 1.807) is 0 Å². The molecule has 0 fully saturated rings. The van der Waals surface area contributed by atoms with Crippen LogP contribution in [0.4, 0.5) is 13.2 Å². The predicted molar refractivity (Wildman–Crippen MR) is 50.5 cm³/mol. The number of para-hydroxylation sites is 1. The minimum Gasteiger partial charge on any atom is -0.435 e. The maximum atomic E-state index is 12.3. The van der Waals surface area contributed by atoms with Crippen molar-refractivity contribution in [3.8, 4) is 5.75 Å². The third kappa shape index (κ3) is 2.85. The van der Waals surface area contributed by atoms with Gasteiger partial charge in [-0.25, -0.2) is 0 Å². The van der Waals surface area contributed by atoms with E-state index in [-0.39, 0.29) is 5.75 Å². The molecule has 0 radical (unpaired) electrons. The Morgan fingerprint density at radius 2 is 1.86 bits per heavy atom. The third-order valence-corrected chi connectivity index (χ3v) is 1.54. The highest BCUT2D eigenvalue weighted by molar-refractivity contribution is 7.82. The second-order valence-corrected chi connectivity index (χ2v) is 3.27. The van der Waals surface area contributed by atoms with E-state index in [4.69, 9.17) is 11.6 Å². The van der Waals surface area contributed by atoms with Gasteiger partial charge in [0.2, 0.25) is 0 Å². The molecular formula is C8H4ClF3OS. The Kier molecular flexibility index (Phi) is 3.34. The average Bonchev–Trinajstić information content (AvgIpc) is 2.01. The van der Waals surface area contributed by atoms with E-state index in [9.17, 15) is 13.2 Å². The number of rotatable bonds is 1. The fraction of sp³-hybridized carbons (Fsp3) is 0.125. The number of benzene rings is 1. The minimum absolute atomic E-state index is 0.389. The van der Waals surface area contributed by atoms with Crippen molar-refractivity contribution in [2.75, 3.05) is 0 Å². The van der Waals surface area contributed by atoms with Gasteiger partial charge in [0.1, 0.15) is 5.75 Å². The summed E-state index contributed by atoms with van der Waals surface area (Å²) in [5.41, 5.74) is -0.900. The summed E-state index contributed by atoms with van der Waals surface area (Å²) >= 11 is 9.51.